The number of carbonyl (C=O) groups excluding carboxylic acids is 2. The van der Waals surface area contributed by atoms with Gasteiger partial charge < -0.3 is 20.3 Å². The lowest BCUT2D eigenvalue weighted by atomic mass is 10.0. The van der Waals surface area contributed by atoms with Crippen molar-refractivity contribution in [1.82, 2.24) is 5.32 Å². The van der Waals surface area contributed by atoms with Crippen molar-refractivity contribution in [2.75, 3.05) is 6.61 Å². The Kier molecular flexibility index (Phi) is 47.6. The van der Waals surface area contributed by atoms with Gasteiger partial charge in [0.25, 0.3) is 0 Å². The van der Waals surface area contributed by atoms with Crippen LogP contribution in [0.15, 0.2) is 36.5 Å². The second-order valence-corrected chi connectivity index (χ2v) is 18.3. The van der Waals surface area contributed by atoms with Gasteiger partial charge in [0.05, 0.1) is 25.2 Å². The number of hydrogen-bond donors (Lipinski definition) is 3. The van der Waals surface area contributed by atoms with Crippen LogP contribution in [0.4, 0.5) is 0 Å². The van der Waals surface area contributed by atoms with Crippen LogP contribution in [0.5, 0.6) is 0 Å². The van der Waals surface area contributed by atoms with E-state index in [1.165, 1.54) is 161 Å². The molecule has 0 fully saturated rings. The van der Waals surface area contributed by atoms with Crippen LogP contribution in [-0.4, -0.2) is 46.9 Å². The Morgan fingerprint density at radius 1 is 0.475 bits per heavy atom. The van der Waals surface area contributed by atoms with Gasteiger partial charge in [-0.05, 0) is 77.0 Å². The smallest absolute Gasteiger partial charge is 0.306 e. The van der Waals surface area contributed by atoms with Crippen LogP contribution in [0.2, 0.25) is 0 Å². The highest BCUT2D eigenvalue weighted by Crippen LogP contribution is 2.17. The first-order valence-corrected chi connectivity index (χ1v) is 26.7. The van der Waals surface area contributed by atoms with Crippen molar-refractivity contribution in [3.8, 4) is 0 Å². The third-order valence-corrected chi connectivity index (χ3v) is 12.2. The number of aliphatic hydroxyl groups is 2. The highest BCUT2D eigenvalue weighted by atomic mass is 16.5. The molecule has 0 rings (SSSR count). The maximum absolute atomic E-state index is 13.2. The van der Waals surface area contributed by atoms with Crippen LogP contribution in [0, 0.1) is 0 Å². The molecule has 1 amide bonds. The van der Waals surface area contributed by atoms with E-state index in [0.717, 1.165) is 70.6 Å². The van der Waals surface area contributed by atoms with Crippen molar-refractivity contribution in [1.29, 1.82) is 0 Å². The van der Waals surface area contributed by atoms with E-state index in [-0.39, 0.29) is 24.9 Å². The Bertz CT molecular complexity index is 1010. The summed E-state index contributed by atoms with van der Waals surface area (Å²) in [4.78, 5) is 26.2. The zero-order valence-electron chi connectivity index (χ0n) is 40.8. The minimum Gasteiger partial charge on any atom is -0.462 e. The van der Waals surface area contributed by atoms with Crippen molar-refractivity contribution < 1.29 is 24.5 Å². The second kappa shape index (κ2) is 49.1. The molecule has 0 aromatic heterocycles. The Labute approximate surface area is 379 Å². The molecule has 3 atom stereocenters. The van der Waals surface area contributed by atoms with Gasteiger partial charge in [0, 0.05) is 6.42 Å². The molecule has 3 unspecified atom stereocenters. The minimum atomic E-state index is -0.793. The fourth-order valence-electron chi connectivity index (χ4n) is 8.12. The maximum Gasteiger partial charge on any atom is 0.306 e. The first-order valence-electron chi connectivity index (χ1n) is 26.7. The molecule has 0 saturated heterocycles. The van der Waals surface area contributed by atoms with Crippen molar-refractivity contribution in [3.63, 3.8) is 0 Å². The summed E-state index contributed by atoms with van der Waals surface area (Å²) >= 11 is 0. The summed E-state index contributed by atoms with van der Waals surface area (Å²) in [5, 5.41) is 23.7. The van der Waals surface area contributed by atoms with Gasteiger partial charge in [-0.15, -0.1) is 0 Å². The van der Waals surface area contributed by atoms with Crippen LogP contribution in [0.1, 0.15) is 278 Å². The van der Waals surface area contributed by atoms with E-state index in [0.29, 0.717) is 19.3 Å². The Morgan fingerprint density at radius 3 is 1.30 bits per heavy atom. The number of carbonyl (C=O) groups is 2. The summed E-state index contributed by atoms with van der Waals surface area (Å²) in [6.45, 7) is 6.46. The Morgan fingerprint density at radius 2 is 0.836 bits per heavy atom. The summed E-state index contributed by atoms with van der Waals surface area (Å²) in [6, 6.07) is -0.708. The molecule has 0 aliphatic carbocycles. The Balaban J connectivity index is 4.62. The molecule has 0 aliphatic heterocycles. The van der Waals surface area contributed by atoms with Gasteiger partial charge in [0.1, 0.15) is 6.10 Å². The fourth-order valence-corrected chi connectivity index (χ4v) is 8.12. The topological polar surface area (TPSA) is 95.9 Å². The number of unbranched alkanes of at least 4 members (excludes halogenated alkanes) is 31. The number of rotatable bonds is 48. The van der Waals surface area contributed by atoms with E-state index in [4.69, 9.17) is 4.74 Å². The van der Waals surface area contributed by atoms with Crippen LogP contribution in [0.3, 0.4) is 0 Å². The number of hydrogen-bond acceptors (Lipinski definition) is 5. The predicted octanol–water partition coefficient (Wildman–Crippen LogP) is 16.1. The molecule has 0 aliphatic rings. The van der Waals surface area contributed by atoms with Crippen molar-refractivity contribution in [3.05, 3.63) is 36.5 Å². The number of esters is 1. The van der Waals surface area contributed by atoms with E-state index < -0.39 is 18.2 Å². The molecule has 61 heavy (non-hydrogen) atoms. The van der Waals surface area contributed by atoms with Gasteiger partial charge in [-0.2, -0.15) is 0 Å². The van der Waals surface area contributed by atoms with Gasteiger partial charge in [0.15, 0.2) is 0 Å². The number of aliphatic hydroxyl groups excluding tert-OH is 2. The maximum atomic E-state index is 13.2. The van der Waals surface area contributed by atoms with E-state index in [9.17, 15) is 19.8 Å². The van der Waals surface area contributed by atoms with Gasteiger partial charge >= 0.3 is 5.97 Å². The first kappa shape index (κ1) is 59.1. The highest BCUT2D eigenvalue weighted by molar-refractivity contribution is 5.77. The lowest BCUT2D eigenvalue weighted by Crippen LogP contribution is -2.46. The van der Waals surface area contributed by atoms with Crippen LogP contribution in [-0.2, 0) is 14.3 Å². The van der Waals surface area contributed by atoms with Gasteiger partial charge in [-0.1, -0.05) is 224 Å². The molecule has 6 heteroatoms. The van der Waals surface area contributed by atoms with Crippen molar-refractivity contribution >= 4 is 11.9 Å². The molecule has 6 nitrogen and oxygen atoms in total. The van der Waals surface area contributed by atoms with E-state index in [1.807, 2.05) is 0 Å². The average Bonchev–Trinajstić information content (AvgIpc) is 3.25. The van der Waals surface area contributed by atoms with Crippen LogP contribution < -0.4 is 5.32 Å². The lowest BCUT2D eigenvalue weighted by molar-refractivity contribution is -0.151. The van der Waals surface area contributed by atoms with E-state index >= 15 is 0 Å². The number of ether oxygens (including phenoxy) is 1. The fraction of sp³-hybridized carbons (Fsp3) is 0.855. The van der Waals surface area contributed by atoms with Gasteiger partial charge in [0.2, 0.25) is 5.91 Å². The third kappa shape index (κ3) is 44.5. The summed E-state index contributed by atoms with van der Waals surface area (Å²) in [6.07, 6.45) is 57.7. The van der Waals surface area contributed by atoms with E-state index in [2.05, 4.69) is 62.5 Å². The number of amides is 1. The normalized spacial score (nSPS) is 13.5. The average molecular weight is 858 g/mol. The molecule has 358 valence electrons. The molecule has 3 N–H and O–H groups in total. The third-order valence-electron chi connectivity index (χ3n) is 12.2. The van der Waals surface area contributed by atoms with E-state index in [1.54, 1.807) is 0 Å². The quantitative estimate of drug-likeness (QED) is 0.0245. The molecular formula is C55H103NO5. The first-order chi connectivity index (χ1) is 30.0. The monoisotopic (exact) mass is 858 g/mol. The molecule has 0 aromatic rings. The second-order valence-electron chi connectivity index (χ2n) is 18.3. The molecular weight excluding hydrogens is 755 g/mol. The Hall–Kier alpha value is -1.92. The van der Waals surface area contributed by atoms with Gasteiger partial charge in [-0.25, -0.2) is 0 Å². The summed E-state index contributed by atoms with van der Waals surface area (Å²) in [5.74, 6) is -0.496. The number of nitrogens with one attached hydrogen (secondary N) is 1. The van der Waals surface area contributed by atoms with Gasteiger partial charge in [-0.3, -0.25) is 9.59 Å². The van der Waals surface area contributed by atoms with Crippen molar-refractivity contribution in [2.45, 2.75) is 296 Å². The SMILES string of the molecule is CCCCCC/C=C\CCCCCCCCCC(=O)OC(CCCCC/C=C/C=C/CCCCCCCCC)CC(=O)NC(CO)C(O)CCCCCCCCCCCCC. The lowest BCUT2D eigenvalue weighted by Gasteiger charge is -2.24. The molecule has 0 bridgehead atoms. The minimum absolute atomic E-state index is 0.0604. The zero-order chi connectivity index (χ0) is 44.5. The summed E-state index contributed by atoms with van der Waals surface area (Å²) in [5.41, 5.74) is 0. The predicted molar refractivity (Wildman–Crippen MR) is 264 cm³/mol. The molecule has 0 radical (unpaired) electrons. The summed E-state index contributed by atoms with van der Waals surface area (Å²) < 4.78 is 5.93. The molecule has 0 spiro atoms. The standard InChI is InChI=1S/C55H103NO5/c1-4-7-10-13-16-19-22-24-26-28-29-32-34-37-40-43-46-51(61-55(60)48-45-42-39-36-33-30-27-25-23-20-17-14-11-8-5-2)49-54(59)56-52(50-57)53(58)47-44-41-38-35-31-21-18-15-12-9-6-3/h20,23,26,28-29,32,51-53,57-58H,4-19,21-22,24-25,27,30-31,33-50H2,1-3H3,(H,56,59)/b23-20-,28-26+,32-29+. The largest absolute Gasteiger partial charge is 0.462 e. The van der Waals surface area contributed by atoms with Crippen LogP contribution >= 0.6 is 0 Å². The summed E-state index contributed by atoms with van der Waals surface area (Å²) in [7, 11) is 0. The van der Waals surface area contributed by atoms with Crippen LogP contribution in [0.25, 0.3) is 0 Å². The number of allylic oxidation sites excluding steroid dienone is 6. The molecule has 0 aromatic carbocycles. The zero-order valence-corrected chi connectivity index (χ0v) is 40.8. The molecule has 0 saturated carbocycles. The molecule has 0 heterocycles. The highest BCUT2D eigenvalue weighted by Gasteiger charge is 2.24. The van der Waals surface area contributed by atoms with Crippen molar-refractivity contribution in [2.24, 2.45) is 0 Å².